The average molecular weight is 374 g/mol. The van der Waals surface area contributed by atoms with Crippen LogP contribution in [-0.4, -0.2) is 54.0 Å². The van der Waals surface area contributed by atoms with Gasteiger partial charge in [0.05, 0.1) is 23.7 Å². The molecule has 7 nitrogen and oxygen atoms in total. The molecule has 138 valence electrons. The second kappa shape index (κ2) is 6.21. The SMILES string of the molecule is CN(C)C(=O)c1cc2n(n1)CCN(S(=O)(=O)c1ccc3c(c1)CCC3)C2. The van der Waals surface area contributed by atoms with E-state index in [2.05, 4.69) is 5.10 Å². The molecule has 2 aliphatic rings. The van der Waals surface area contributed by atoms with Crippen molar-refractivity contribution in [2.45, 2.75) is 37.2 Å². The molecule has 1 aromatic carbocycles. The van der Waals surface area contributed by atoms with Crippen LogP contribution >= 0.6 is 0 Å². The molecule has 0 saturated carbocycles. The smallest absolute Gasteiger partial charge is 0.273 e. The fourth-order valence-corrected chi connectivity index (χ4v) is 5.09. The fraction of sp³-hybridized carbons (Fsp3) is 0.444. The molecule has 0 N–H and O–H groups in total. The highest BCUT2D eigenvalue weighted by Gasteiger charge is 2.31. The van der Waals surface area contributed by atoms with Crippen LogP contribution in [0, 0.1) is 0 Å². The molecule has 1 aliphatic carbocycles. The van der Waals surface area contributed by atoms with E-state index in [4.69, 9.17) is 0 Å². The number of aromatic nitrogens is 2. The summed E-state index contributed by atoms with van der Waals surface area (Å²) in [5, 5.41) is 4.31. The molecule has 0 unspecified atom stereocenters. The lowest BCUT2D eigenvalue weighted by Gasteiger charge is -2.27. The summed E-state index contributed by atoms with van der Waals surface area (Å²) < 4.78 is 29.3. The van der Waals surface area contributed by atoms with Gasteiger partial charge in [-0.2, -0.15) is 9.40 Å². The zero-order chi connectivity index (χ0) is 18.5. The van der Waals surface area contributed by atoms with Crippen LogP contribution in [0.3, 0.4) is 0 Å². The van der Waals surface area contributed by atoms with Gasteiger partial charge in [0.25, 0.3) is 5.91 Å². The summed E-state index contributed by atoms with van der Waals surface area (Å²) in [6.45, 7) is 1.02. The van der Waals surface area contributed by atoms with Crippen LogP contribution in [0.25, 0.3) is 0 Å². The van der Waals surface area contributed by atoms with Crippen LogP contribution in [0.2, 0.25) is 0 Å². The highest BCUT2D eigenvalue weighted by Crippen LogP contribution is 2.28. The van der Waals surface area contributed by atoms with Crippen molar-refractivity contribution in [1.29, 1.82) is 0 Å². The summed E-state index contributed by atoms with van der Waals surface area (Å²) in [5.41, 5.74) is 3.49. The predicted octanol–water partition coefficient (Wildman–Crippen LogP) is 1.28. The highest BCUT2D eigenvalue weighted by molar-refractivity contribution is 7.89. The summed E-state index contributed by atoms with van der Waals surface area (Å²) in [6.07, 6.45) is 3.06. The second-order valence-corrected chi connectivity index (χ2v) is 9.00. The fourth-order valence-electron chi connectivity index (χ4n) is 3.64. The van der Waals surface area contributed by atoms with Gasteiger partial charge in [-0.15, -0.1) is 0 Å². The number of hydrogen-bond acceptors (Lipinski definition) is 4. The van der Waals surface area contributed by atoms with Crippen LogP contribution in [0.5, 0.6) is 0 Å². The molecule has 1 aromatic heterocycles. The third kappa shape index (κ3) is 2.83. The van der Waals surface area contributed by atoms with Crippen LogP contribution in [0.15, 0.2) is 29.2 Å². The van der Waals surface area contributed by atoms with E-state index in [1.807, 2.05) is 12.1 Å². The molecule has 2 aromatic rings. The van der Waals surface area contributed by atoms with Crippen molar-refractivity contribution < 1.29 is 13.2 Å². The van der Waals surface area contributed by atoms with E-state index in [1.165, 1.54) is 14.8 Å². The molecule has 26 heavy (non-hydrogen) atoms. The minimum Gasteiger partial charge on any atom is -0.343 e. The largest absolute Gasteiger partial charge is 0.343 e. The molecule has 8 heteroatoms. The Hall–Kier alpha value is -2.19. The van der Waals surface area contributed by atoms with Crippen molar-refractivity contribution in [3.63, 3.8) is 0 Å². The number of benzene rings is 1. The molecule has 0 atom stereocenters. The maximum Gasteiger partial charge on any atom is 0.273 e. The third-order valence-electron chi connectivity index (χ3n) is 5.10. The first-order valence-corrected chi connectivity index (χ1v) is 10.2. The normalized spacial score (nSPS) is 17.0. The Kier molecular flexibility index (Phi) is 4.11. The lowest BCUT2D eigenvalue weighted by molar-refractivity contribution is 0.0821. The van der Waals surface area contributed by atoms with Crippen molar-refractivity contribution >= 4 is 15.9 Å². The Bertz CT molecular complexity index is 978. The lowest BCUT2D eigenvalue weighted by Crippen LogP contribution is -2.38. The molecule has 1 aliphatic heterocycles. The molecule has 0 saturated heterocycles. The van der Waals surface area contributed by atoms with Crippen LogP contribution in [-0.2, 0) is 36.0 Å². The molecule has 0 fully saturated rings. The summed E-state index contributed by atoms with van der Waals surface area (Å²) in [6, 6.07) is 7.17. The molecular formula is C18H22N4O3S. The summed E-state index contributed by atoms with van der Waals surface area (Å²) >= 11 is 0. The Morgan fingerprint density at radius 1 is 1.12 bits per heavy atom. The van der Waals surface area contributed by atoms with Crippen LogP contribution in [0.4, 0.5) is 0 Å². The maximum absolute atomic E-state index is 13.1. The predicted molar refractivity (Wildman–Crippen MR) is 96.3 cm³/mol. The van der Waals surface area contributed by atoms with Gasteiger partial charge in [-0.05, 0) is 48.6 Å². The van der Waals surface area contributed by atoms with Gasteiger partial charge in [0.15, 0.2) is 5.69 Å². The number of carbonyl (C=O) groups excluding carboxylic acids is 1. The standard InChI is InChI=1S/C18H22N4O3S/c1-20(2)18(23)17-11-15-12-21(8-9-22(15)19-17)26(24,25)16-7-6-13-4-3-5-14(13)10-16/h6-7,10-11H,3-5,8-9,12H2,1-2H3. The first kappa shape index (κ1) is 17.2. The average Bonchev–Trinajstić information content (AvgIpc) is 3.25. The monoisotopic (exact) mass is 374 g/mol. The van der Waals surface area contributed by atoms with Gasteiger partial charge in [0, 0.05) is 20.6 Å². The Morgan fingerprint density at radius 2 is 1.88 bits per heavy atom. The Labute approximate surface area is 153 Å². The van der Waals surface area contributed by atoms with Gasteiger partial charge in [0.2, 0.25) is 10.0 Å². The minimum absolute atomic E-state index is 0.181. The van der Waals surface area contributed by atoms with Crippen molar-refractivity contribution in [3.8, 4) is 0 Å². The molecule has 0 bridgehead atoms. The first-order chi connectivity index (χ1) is 12.4. The number of amides is 1. The van der Waals surface area contributed by atoms with Crippen LogP contribution < -0.4 is 0 Å². The van der Waals surface area contributed by atoms with Crippen molar-refractivity contribution in [2.75, 3.05) is 20.6 Å². The number of sulfonamides is 1. The van der Waals surface area contributed by atoms with Gasteiger partial charge < -0.3 is 4.90 Å². The summed E-state index contributed by atoms with van der Waals surface area (Å²) in [4.78, 5) is 13.9. The molecule has 4 rings (SSSR count). The van der Waals surface area contributed by atoms with Crippen molar-refractivity contribution in [1.82, 2.24) is 19.0 Å². The molecular weight excluding hydrogens is 352 g/mol. The van der Waals surface area contributed by atoms with E-state index in [9.17, 15) is 13.2 Å². The molecule has 0 spiro atoms. The number of hydrogen-bond donors (Lipinski definition) is 0. The number of fused-ring (bicyclic) bond motifs is 2. The summed E-state index contributed by atoms with van der Waals surface area (Å²) in [5.74, 6) is -0.181. The van der Waals surface area contributed by atoms with Gasteiger partial charge >= 0.3 is 0 Å². The van der Waals surface area contributed by atoms with Crippen molar-refractivity contribution in [2.24, 2.45) is 0 Å². The van der Waals surface area contributed by atoms with Gasteiger partial charge in [-0.1, -0.05) is 6.07 Å². The quantitative estimate of drug-likeness (QED) is 0.811. The number of carbonyl (C=O) groups is 1. The first-order valence-electron chi connectivity index (χ1n) is 8.76. The van der Waals surface area contributed by atoms with E-state index in [1.54, 1.807) is 30.9 Å². The third-order valence-corrected chi connectivity index (χ3v) is 6.94. The Balaban J connectivity index is 1.61. The lowest BCUT2D eigenvalue weighted by atomic mass is 10.1. The Morgan fingerprint density at radius 3 is 2.65 bits per heavy atom. The number of aryl methyl sites for hydroxylation is 2. The molecule has 2 heterocycles. The van der Waals surface area contributed by atoms with Crippen molar-refractivity contribution in [3.05, 3.63) is 46.8 Å². The minimum atomic E-state index is -3.56. The van der Waals surface area contributed by atoms with E-state index < -0.39 is 10.0 Å². The van der Waals surface area contributed by atoms with E-state index in [-0.39, 0.29) is 12.5 Å². The van der Waals surface area contributed by atoms with E-state index >= 15 is 0 Å². The maximum atomic E-state index is 13.1. The number of nitrogens with zero attached hydrogens (tertiary/aromatic N) is 4. The zero-order valence-corrected chi connectivity index (χ0v) is 15.8. The second-order valence-electron chi connectivity index (χ2n) is 7.07. The zero-order valence-electron chi connectivity index (χ0n) is 15.0. The van der Waals surface area contributed by atoms with Gasteiger partial charge in [-0.3, -0.25) is 9.48 Å². The summed E-state index contributed by atoms with van der Waals surface area (Å²) in [7, 11) is -0.213. The highest BCUT2D eigenvalue weighted by atomic mass is 32.2. The number of rotatable bonds is 3. The van der Waals surface area contributed by atoms with E-state index in [0.717, 1.165) is 30.5 Å². The van der Waals surface area contributed by atoms with Crippen LogP contribution in [0.1, 0.15) is 33.7 Å². The molecule has 0 radical (unpaired) electrons. The molecule has 1 amide bonds. The van der Waals surface area contributed by atoms with E-state index in [0.29, 0.717) is 23.7 Å². The topological polar surface area (TPSA) is 75.5 Å². The van der Waals surface area contributed by atoms with Gasteiger partial charge in [-0.25, -0.2) is 8.42 Å². The van der Waals surface area contributed by atoms with Gasteiger partial charge in [0.1, 0.15) is 0 Å².